The number of hydrogen-bond donors (Lipinski definition) is 0. The Kier molecular flexibility index (Phi) is 4.33. The number of fused-ring (bicyclic) bond motifs is 1. The van der Waals surface area contributed by atoms with Gasteiger partial charge in [0.1, 0.15) is 5.15 Å². The molecule has 0 aliphatic rings. The van der Waals surface area contributed by atoms with Crippen LogP contribution in [0.5, 0.6) is 0 Å². The Balaban J connectivity index is 2.22. The van der Waals surface area contributed by atoms with Crippen LogP contribution in [0.2, 0.25) is 5.15 Å². The lowest BCUT2D eigenvalue weighted by molar-refractivity contribution is 0.0596. The van der Waals surface area contributed by atoms with Crippen LogP contribution in [-0.2, 0) is 11.8 Å². The molecule has 0 aliphatic carbocycles. The maximum atomic E-state index is 12.0. The molecule has 23 heavy (non-hydrogen) atoms. The van der Waals surface area contributed by atoms with E-state index in [1.807, 2.05) is 23.9 Å². The maximum absolute atomic E-state index is 12.0. The first-order valence-electron chi connectivity index (χ1n) is 6.94. The van der Waals surface area contributed by atoms with Gasteiger partial charge in [-0.1, -0.05) is 23.7 Å². The Morgan fingerprint density at radius 3 is 2.57 bits per heavy atom. The van der Waals surface area contributed by atoms with Crippen LogP contribution in [0.15, 0.2) is 41.3 Å². The van der Waals surface area contributed by atoms with Gasteiger partial charge in [-0.05, 0) is 36.1 Å². The Morgan fingerprint density at radius 2 is 1.96 bits per heavy atom. The van der Waals surface area contributed by atoms with Gasteiger partial charge in [-0.3, -0.25) is 0 Å². The van der Waals surface area contributed by atoms with Crippen molar-refractivity contribution in [2.45, 2.75) is 4.90 Å². The van der Waals surface area contributed by atoms with Crippen LogP contribution in [0.4, 0.5) is 0 Å². The van der Waals surface area contributed by atoms with E-state index in [4.69, 9.17) is 16.3 Å². The standard InChI is InChI=1S/C17H15ClN2O2S/c1-20-13(10-4-6-11(23-3)7-5-10)8-12-14(20)9-15(18)19-16(12)17(21)22-2/h4-9H,1-3H3. The van der Waals surface area contributed by atoms with E-state index in [1.165, 1.54) is 12.0 Å². The zero-order valence-electron chi connectivity index (χ0n) is 13.0. The highest BCUT2D eigenvalue weighted by molar-refractivity contribution is 7.98. The predicted molar refractivity (Wildman–Crippen MR) is 94.3 cm³/mol. The first kappa shape index (κ1) is 15.9. The summed E-state index contributed by atoms with van der Waals surface area (Å²) in [5.74, 6) is -0.493. The van der Waals surface area contributed by atoms with Crippen LogP contribution < -0.4 is 0 Å². The van der Waals surface area contributed by atoms with Crippen LogP contribution in [0.1, 0.15) is 10.5 Å². The zero-order valence-corrected chi connectivity index (χ0v) is 14.5. The monoisotopic (exact) mass is 346 g/mol. The van der Waals surface area contributed by atoms with Gasteiger partial charge in [-0.2, -0.15) is 0 Å². The molecule has 0 spiro atoms. The van der Waals surface area contributed by atoms with Gasteiger partial charge in [0, 0.05) is 23.0 Å². The molecule has 0 aliphatic heterocycles. The molecular weight excluding hydrogens is 332 g/mol. The quantitative estimate of drug-likeness (QED) is 0.400. The molecule has 0 amide bonds. The smallest absolute Gasteiger partial charge is 0.357 e. The minimum Gasteiger partial charge on any atom is -0.464 e. The van der Waals surface area contributed by atoms with Crippen molar-refractivity contribution in [1.82, 2.24) is 9.55 Å². The lowest BCUT2D eigenvalue weighted by atomic mass is 10.1. The number of carbonyl (C=O) groups excluding carboxylic acids is 1. The molecule has 0 bridgehead atoms. The van der Waals surface area contributed by atoms with E-state index in [0.29, 0.717) is 0 Å². The molecule has 3 aromatic rings. The number of carbonyl (C=O) groups is 1. The van der Waals surface area contributed by atoms with Crippen LogP contribution in [-0.4, -0.2) is 28.9 Å². The van der Waals surface area contributed by atoms with Crippen molar-refractivity contribution in [2.75, 3.05) is 13.4 Å². The number of methoxy groups -OCH3 is 1. The topological polar surface area (TPSA) is 44.1 Å². The van der Waals surface area contributed by atoms with Gasteiger partial charge in [-0.25, -0.2) is 9.78 Å². The molecule has 0 unspecified atom stereocenters. The summed E-state index contributed by atoms with van der Waals surface area (Å²) in [5.41, 5.74) is 3.13. The fraction of sp³-hybridized carbons (Fsp3) is 0.176. The number of hydrogen-bond acceptors (Lipinski definition) is 4. The lowest BCUT2D eigenvalue weighted by Crippen LogP contribution is -2.05. The number of aromatic nitrogens is 2. The molecule has 2 heterocycles. The van der Waals surface area contributed by atoms with Gasteiger partial charge in [0.2, 0.25) is 0 Å². The van der Waals surface area contributed by atoms with Gasteiger partial charge >= 0.3 is 5.97 Å². The third-order valence-electron chi connectivity index (χ3n) is 3.77. The number of halogens is 1. The number of aryl methyl sites for hydroxylation is 1. The summed E-state index contributed by atoms with van der Waals surface area (Å²) in [6, 6.07) is 12.0. The third kappa shape index (κ3) is 2.82. The second-order valence-electron chi connectivity index (χ2n) is 5.04. The second kappa shape index (κ2) is 6.26. The van der Waals surface area contributed by atoms with E-state index in [-0.39, 0.29) is 10.8 Å². The van der Waals surface area contributed by atoms with Crippen molar-refractivity contribution < 1.29 is 9.53 Å². The molecule has 3 rings (SSSR count). The first-order valence-corrected chi connectivity index (χ1v) is 8.54. The number of esters is 1. The average molecular weight is 347 g/mol. The molecule has 1 aromatic carbocycles. The molecule has 4 nitrogen and oxygen atoms in total. The third-order valence-corrected chi connectivity index (χ3v) is 4.71. The van der Waals surface area contributed by atoms with Crippen molar-refractivity contribution in [3.05, 3.63) is 47.2 Å². The Hall–Kier alpha value is -1.98. The molecular formula is C17H15ClN2O2S. The summed E-state index contributed by atoms with van der Waals surface area (Å²) in [6.45, 7) is 0. The van der Waals surface area contributed by atoms with E-state index < -0.39 is 5.97 Å². The summed E-state index contributed by atoms with van der Waals surface area (Å²) in [5, 5.41) is 0.996. The van der Waals surface area contributed by atoms with Crippen molar-refractivity contribution >= 4 is 40.2 Å². The van der Waals surface area contributed by atoms with Crippen LogP contribution in [0, 0.1) is 0 Å². The summed E-state index contributed by atoms with van der Waals surface area (Å²) in [7, 11) is 3.28. The number of thioether (sulfide) groups is 1. The summed E-state index contributed by atoms with van der Waals surface area (Å²) in [6.07, 6.45) is 2.04. The largest absolute Gasteiger partial charge is 0.464 e. The minimum absolute atomic E-state index is 0.234. The van der Waals surface area contributed by atoms with Crippen LogP contribution in [0.3, 0.4) is 0 Å². The van der Waals surface area contributed by atoms with Gasteiger partial charge in [-0.15, -0.1) is 11.8 Å². The molecule has 6 heteroatoms. The molecule has 0 atom stereocenters. The molecule has 0 radical (unpaired) electrons. The number of ether oxygens (including phenoxy) is 1. The van der Waals surface area contributed by atoms with Crippen LogP contribution in [0.25, 0.3) is 22.2 Å². The fourth-order valence-electron chi connectivity index (χ4n) is 2.59. The van der Waals surface area contributed by atoms with Gasteiger partial charge in [0.15, 0.2) is 5.69 Å². The molecule has 0 fully saturated rings. The Labute approximate surface area is 143 Å². The number of pyridine rings is 1. The molecule has 0 saturated carbocycles. The highest BCUT2D eigenvalue weighted by Crippen LogP contribution is 2.31. The molecule has 0 N–H and O–H groups in total. The Bertz CT molecular complexity index is 888. The number of benzene rings is 1. The summed E-state index contributed by atoms with van der Waals surface area (Å²) < 4.78 is 6.82. The highest BCUT2D eigenvalue weighted by Gasteiger charge is 2.18. The van der Waals surface area contributed by atoms with Crippen molar-refractivity contribution in [3.63, 3.8) is 0 Å². The van der Waals surface area contributed by atoms with Crippen molar-refractivity contribution in [3.8, 4) is 11.3 Å². The second-order valence-corrected chi connectivity index (χ2v) is 6.30. The van der Waals surface area contributed by atoms with E-state index in [2.05, 4.69) is 29.2 Å². The van der Waals surface area contributed by atoms with Gasteiger partial charge in [0.05, 0.1) is 12.6 Å². The highest BCUT2D eigenvalue weighted by atomic mass is 35.5. The summed E-state index contributed by atoms with van der Waals surface area (Å²) in [4.78, 5) is 17.3. The predicted octanol–water partition coefficient (Wildman–Crippen LogP) is 4.40. The van der Waals surface area contributed by atoms with Crippen molar-refractivity contribution in [2.24, 2.45) is 7.05 Å². The number of rotatable bonds is 3. The molecule has 2 aromatic heterocycles. The average Bonchev–Trinajstić information content (AvgIpc) is 2.90. The normalized spacial score (nSPS) is 11.0. The molecule has 118 valence electrons. The Morgan fingerprint density at radius 1 is 1.26 bits per heavy atom. The SMILES string of the molecule is COC(=O)c1nc(Cl)cc2c1cc(-c1ccc(SC)cc1)n2C. The van der Waals surface area contributed by atoms with Gasteiger partial charge < -0.3 is 9.30 Å². The van der Waals surface area contributed by atoms with E-state index in [0.717, 1.165) is 22.2 Å². The van der Waals surface area contributed by atoms with E-state index in [9.17, 15) is 4.79 Å². The lowest BCUT2D eigenvalue weighted by Gasteiger charge is -2.06. The first-order chi connectivity index (χ1) is 11.0. The van der Waals surface area contributed by atoms with E-state index >= 15 is 0 Å². The minimum atomic E-state index is -0.493. The fourth-order valence-corrected chi connectivity index (χ4v) is 3.18. The zero-order chi connectivity index (χ0) is 16.6. The summed E-state index contributed by atoms with van der Waals surface area (Å²) >= 11 is 7.75. The number of nitrogens with zero attached hydrogens (tertiary/aromatic N) is 2. The van der Waals surface area contributed by atoms with Crippen LogP contribution >= 0.6 is 23.4 Å². The van der Waals surface area contributed by atoms with E-state index in [1.54, 1.807) is 17.8 Å². The molecule has 0 saturated heterocycles. The van der Waals surface area contributed by atoms with Gasteiger partial charge in [0.25, 0.3) is 0 Å². The van der Waals surface area contributed by atoms with Crippen molar-refractivity contribution in [1.29, 1.82) is 0 Å². The maximum Gasteiger partial charge on any atom is 0.357 e.